The molecule has 0 atom stereocenters. The first-order chi connectivity index (χ1) is 9.49. The maximum atomic E-state index is 12.1. The number of halogens is 1. The molecule has 0 bridgehead atoms. The molecule has 0 fully saturated rings. The second-order valence-electron chi connectivity index (χ2n) is 5.13. The van der Waals surface area contributed by atoms with Crippen LogP contribution in [-0.4, -0.2) is 20.0 Å². The Balaban J connectivity index is 2.15. The van der Waals surface area contributed by atoms with Crippen molar-refractivity contribution in [3.8, 4) is 0 Å². The fourth-order valence-electron chi connectivity index (χ4n) is 1.81. The molecule has 6 nitrogen and oxygen atoms in total. The van der Waals surface area contributed by atoms with E-state index in [4.69, 9.17) is 11.6 Å². The van der Waals surface area contributed by atoms with Crippen LogP contribution >= 0.6 is 11.6 Å². The third-order valence-electron chi connectivity index (χ3n) is 2.93. The van der Waals surface area contributed by atoms with Gasteiger partial charge in [0.05, 0.1) is 18.1 Å². The lowest BCUT2D eigenvalue weighted by Crippen LogP contribution is -2.26. The van der Waals surface area contributed by atoms with Gasteiger partial charge in [0.25, 0.3) is 5.56 Å². The summed E-state index contributed by atoms with van der Waals surface area (Å²) in [7, 11) is 0. The van der Waals surface area contributed by atoms with Gasteiger partial charge in [-0.05, 0) is 12.8 Å². The zero-order valence-corrected chi connectivity index (χ0v) is 12.5. The van der Waals surface area contributed by atoms with Crippen molar-refractivity contribution in [2.45, 2.75) is 33.9 Å². The highest BCUT2D eigenvalue weighted by Gasteiger charge is 2.10. The molecule has 0 aliphatic carbocycles. The number of hydrogen-bond acceptors (Lipinski definition) is 4. The molecule has 2 N–H and O–H groups in total. The molecule has 2 aromatic heterocycles. The Morgan fingerprint density at radius 2 is 2.20 bits per heavy atom. The number of aromatic nitrogens is 4. The van der Waals surface area contributed by atoms with Crippen molar-refractivity contribution < 1.29 is 0 Å². The van der Waals surface area contributed by atoms with Crippen molar-refractivity contribution in [3.63, 3.8) is 0 Å². The minimum Gasteiger partial charge on any atom is -0.378 e. The van der Waals surface area contributed by atoms with Crippen molar-refractivity contribution in [1.29, 1.82) is 0 Å². The van der Waals surface area contributed by atoms with Gasteiger partial charge in [0.2, 0.25) is 0 Å². The highest BCUT2D eigenvalue weighted by atomic mass is 35.5. The van der Waals surface area contributed by atoms with Crippen molar-refractivity contribution in [1.82, 2.24) is 20.0 Å². The van der Waals surface area contributed by atoms with Crippen molar-refractivity contribution >= 4 is 17.3 Å². The van der Waals surface area contributed by atoms with Crippen molar-refractivity contribution in [2.24, 2.45) is 5.92 Å². The Hall–Kier alpha value is -1.82. The van der Waals surface area contributed by atoms with Crippen LogP contribution in [0.1, 0.15) is 25.1 Å². The fraction of sp³-hybridized carbons (Fsp3) is 0.462. The van der Waals surface area contributed by atoms with Gasteiger partial charge in [0.1, 0.15) is 5.02 Å². The first-order valence-electron chi connectivity index (χ1n) is 6.47. The molecule has 108 valence electrons. The van der Waals surface area contributed by atoms with Gasteiger partial charge in [-0.15, -0.1) is 0 Å². The maximum absolute atomic E-state index is 12.1. The summed E-state index contributed by atoms with van der Waals surface area (Å²) in [6.07, 6.45) is 3.32. The maximum Gasteiger partial charge on any atom is 0.287 e. The highest BCUT2D eigenvalue weighted by Crippen LogP contribution is 2.17. The summed E-state index contributed by atoms with van der Waals surface area (Å²) >= 11 is 6.10. The molecular formula is C13H18ClN5O. The molecule has 0 amide bonds. The van der Waals surface area contributed by atoms with E-state index in [1.807, 2.05) is 20.8 Å². The zero-order valence-electron chi connectivity index (χ0n) is 11.8. The monoisotopic (exact) mass is 295 g/mol. The number of nitrogens with zero attached hydrogens (tertiary/aromatic N) is 3. The third-order valence-corrected chi connectivity index (χ3v) is 3.29. The Morgan fingerprint density at radius 3 is 2.80 bits per heavy atom. The largest absolute Gasteiger partial charge is 0.378 e. The normalized spacial score (nSPS) is 11.1. The molecule has 0 saturated carbocycles. The molecule has 20 heavy (non-hydrogen) atoms. The summed E-state index contributed by atoms with van der Waals surface area (Å²) in [5.74, 6) is 0.337. The van der Waals surface area contributed by atoms with Gasteiger partial charge < -0.3 is 5.32 Å². The Bertz CT molecular complexity index is 646. The molecule has 2 rings (SSSR count). The smallest absolute Gasteiger partial charge is 0.287 e. The lowest BCUT2D eigenvalue weighted by Gasteiger charge is -2.11. The average Bonchev–Trinajstić information content (AvgIpc) is 2.79. The topological polar surface area (TPSA) is 75.6 Å². The first-order valence-corrected chi connectivity index (χ1v) is 6.85. The van der Waals surface area contributed by atoms with Crippen LogP contribution in [0.3, 0.4) is 0 Å². The second-order valence-corrected chi connectivity index (χ2v) is 5.51. The molecule has 2 heterocycles. The number of aromatic amines is 1. The number of anilines is 1. The SMILES string of the molecule is Cc1[nH]ncc1CNc1cnn(CC(C)C)c(=O)c1Cl. The van der Waals surface area contributed by atoms with E-state index in [9.17, 15) is 4.79 Å². The van der Waals surface area contributed by atoms with E-state index in [2.05, 4.69) is 20.6 Å². The lowest BCUT2D eigenvalue weighted by molar-refractivity contribution is 0.464. The minimum atomic E-state index is -0.269. The second kappa shape index (κ2) is 6.09. The molecule has 0 aliphatic rings. The average molecular weight is 296 g/mol. The van der Waals surface area contributed by atoms with Gasteiger partial charge in [-0.25, -0.2) is 4.68 Å². The summed E-state index contributed by atoms with van der Waals surface area (Å²) in [5, 5.41) is 14.2. The standard InChI is InChI=1S/C13H18ClN5O/c1-8(2)7-19-13(20)12(14)11(6-17-19)15-4-10-5-16-18-9(10)3/h5-6,8,15H,4,7H2,1-3H3,(H,16,18). The van der Waals surface area contributed by atoms with Crippen LogP contribution < -0.4 is 10.9 Å². The summed E-state index contributed by atoms with van der Waals surface area (Å²) in [4.78, 5) is 12.1. The summed E-state index contributed by atoms with van der Waals surface area (Å²) < 4.78 is 1.39. The lowest BCUT2D eigenvalue weighted by atomic mass is 10.2. The molecule has 0 spiro atoms. The minimum absolute atomic E-state index is 0.168. The van der Waals surface area contributed by atoms with Crippen LogP contribution in [0.4, 0.5) is 5.69 Å². The summed E-state index contributed by atoms with van der Waals surface area (Å²) in [6.45, 7) is 7.08. The number of H-pyrrole nitrogens is 1. The van der Waals surface area contributed by atoms with E-state index in [1.165, 1.54) is 4.68 Å². The number of rotatable bonds is 5. The van der Waals surface area contributed by atoms with E-state index in [0.29, 0.717) is 24.7 Å². The van der Waals surface area contributed by atoms with Crippen LogP contribution in [0.2, 0.25) is 5.02 Å². The fourth-order valence-corrected chi connectivity index (χ4v) is 2.02. The first kappa shape index (κ1) is 14.6. The van der Waals surface area contributed by atoms with Gasteiger partial charge in [-0.1, -0.05) is 25.4 Å². The van der Waals surface area contributed by atoms with Gasteiger partial charge in [-0.2, -0.15) is 10.2 Å². The molecular weight excluding hydrogens is 278 g/mol. The molecule has 2 aromatic rings. The molecule has 0 aliphatic heterocycles. The van der Waals surface area contributed by atoms with Crippen molar-refractivity contribution in [2.75, 3.05) is 5.32 Å². The Labute approximate surface area is 122 Å². The van der Waals surface area contributed by atoms with Crippen LogP contribution in [-0.2, 0) is 13.1 Å². The Kier molecular flexibility index (Phi) is 4.44. The van der Waals surface area contributed by atoms with Crippen LogP contribution in [0.25, 0.3) is 0 Å². The quantitative estimate of drug-likeness (QED) is 0.886. The number of aryl methyl sites for hydroxylation is 1. The zero-order chi connectivity index (χ0) is 14.7. The third kappa shape index (κ3) is 3.19. The van der Waals surface area contributed by atoms with E-state index >= 15 is 0 Å². The molecule has 0 saturated heterocycles. The van der Waals surface area contributed by atoms with E-state index in [0.717, 1.165) is 11.3 Å². The predicted molar refractivity (Wildman–Crippen MR) is 79.0 cm³/mol. The van der Waals surface area contributed by atoms with Crippen LogP contribution in [0, 0.1) is 12.8 Å². The van der Waals surface area contributed by atoms with E-state index in [-0.39, 0.29) is 10.6 Å². The van der Waals surface area contributed by atoms with Gasteiger partial charge >= 0.3 is 0 Å². The highest BCUT2D eigenvalue weighted by molar-refractivity contribution is 6.32. The van der Waals surface area contributed by atoms with Crippen molar-refractivity contribution in [3.05, 3.63) is 39.0 Å². The molecule has 0 aromatic carbocycles. The van der Waals surface area contributed by atoms with E-state index in [1.54, 1.807) is 12.4 Å². The summed E-state index contributed by atoms with van der Waals surface area (Å²) in [5.41, 5.74) is 2.27. The van der Waals surface area contributed by atoms with Gasteiger partial charge in [0.15, 0.2) is 0 Å². The molecule has 0 unspecified atom stereocenters. The van der Waals surface area contributed by atoms with Gasteiger partial charge in [-0.3, -0.25) is 9.89 Å². The van der Waals surface area contributed by atoms with Gasteiger partial charge in [0, 0.05) is 24.3 Å². The van der Waals surface area contributed by atoms with Crippen LogP contribution in [0.15, 0.2) is 17.2 Å². The molecule has 0 radical (unpaired) electrons. The summed E-state index contributed by atoms with van der Waals surface area (Å²) in [6, 6.07) is 0. The Morgan fingerprint density at radius 1 is 1.45 bits per heavy atom. The molecule has 7 heteroatoms. The number of hydrogen-bond donors (Lipinski definition) is 2. The predicted octanol–water partition coefficient (Wildman–Crippen LogP) is 2.20. The number of nitrogens with one attached hydrogen (secondary N) is 2. The van der Waals surface area contributed by atoms with Crippen LogP contribution in [0.5, 0.6) is 0 Å². The van der Waals surface area contributed by atoms with E-state index < -0.39 is 0 Å².